The Bertz CT molecular complexity index is 849. The number of amides is 1. The van der Waals surface area contributed by atoms with Crippen molar-refractivity contribution >= 4 is 5.91 Å². The van der Waals surface area contributed by atoms with Crippen molar-refractivity contribution in [2.24, 2.45) is 5.92 Å². The molecular weight excluding hydrogens is 361 g/mol. The summed E-state index contributed by atoms with van der Waals surface area (Å²) < 4.78 is 19.0. The molecule has 0 aliphatic carbocycles. The molecule has 1 amide bonds. The summed E-state index contributed by atoms with van der Waals surface area (Å²) in [5.41, 5.74) is 6.95. The Kier molecular flexibility index (Phi) is 5.50. The monoisotopic (exact) mass is 385 g/mol. The number of nitrogens with zero attached hydrogens (tertiary/aromatic N) is 3. The normalized spacial score (nSPS) is 24.9. The molecule has 2 aliphatic rings. The van der Waals surface area contributed by atoms with E-state index >= 15 is 0 Å². The Morgan fingerprint density at radius 2 is 2.25 bits per heavy atom. The first kappa shape index (κ1) is 18.8. The van der Waals surface area contributed by atoms with Crippen LogP contribution in [0.2, 0.25) is 0 Å². The summed E-state index contributed by atoms with van der Waals surface area (Å²) in [5.74, 6) is 0.570. The van der Waals surface area contributed by atoms with Crippen LogP contribution in [0.5, 0.6) is 11.6 Å². The number of hydrogen-bond acceptors (Lipinski definition) is 6. The summed E-state index contributed by atoms with van der Waals surface area (Å²) in [5, 5.41) is 0. The van der Waals surface area contributed by atoms with Gasteiger partial charge in [0.1, 0.15) is 11.6 Å². The lowest BCUT2D eigenvalue weighted by atomic mass is 9.93. The minimum absolute atomic E-state index is 0.0486. The maximum absolute atomic E-state index is 13.4. The number of aromatic nitrogens is 2. The molecule has 3 unspecified atom stereocenters. The van der Waals surface area contributed by atoms with Gasteiger partial charge in [-0.2, -0.15) is 0 Å². The molecule has 1 aromatic heterocycles. The summed E-state index contributed by atoms with van der Waals surface area (Å²) in [7, 11) is 0. The van der Waals surface area contributed by atoms with E-state index < -0.39 is 0 Å². The number of hydrogen-bond donors (Lipinski definition) is 2. The zero-order valence-corrected chi connectivity index (χ0v) is 15.8. The Balaban J connectivity index is 1.45. The molecule has 2 saturated heterocycles. The first-order chi connectivity index (χ1) is 13.6. The predicted molar refractivity (Wildman–Crippen MR) is 101 cm³/mol. The standard InChI is InChI=1S/C20H24FN5O2/c1-13-17(9-23-25-13)20(27)26-7-3-4-14(12-26)18-10-22-11-19(24-18)28-16-6-2-5-15(21)8-16/h2,5-6,8,10-11,13-14,17,23,25H,3-4,7,9,12H2,1H3. The van der Waals surface area contributed by atoms with E-state index in [4.69, 9.17) is 4.74 Å². The van der Waals surface area contributed by atoms with E-state index in [9.17, 15) is 9.18 Å². The number of ether oxygens (including phenoxy) is 1. The second-order valence-electron chi connectivity index (χ2n) is 7.39. The molecule has 148 valence electrons. The number of rotatable bonds is 4. The van der Waals surface area contributed by atoms with Crippen LogP contribution in [0.4, 0.5) is 4.39 Å². The van der Waals surface area contributed by atoms with E-state index in [1.807, 2.05) is 11.8 Å². The van der Waals surface area contributed by atoms with E-state index in [-0.39, 0.29) is 29.6 Å². The SMILES string of the molecule is CC1NNCC1C(=O)N1CCCC(c2cncc(Oc3cccc(F)c3)n2)C1. The maximum Gasteiger partial charge on any atom is 0.238 e. The van der Waals surface area contributed by atoms with Gasteiger partial charge in [-0.05, 0) is 31.9 Å². The van der Waals surface area contributed by atoms with Gasteiger partial charge >= 0.3 is 0 Å². The van der Waals surface area contributed by atoms with Gasteiger partial charge in [0.15, 0.2) is 0 Å². The highest BCUT2D eigenvalue weighted by atomic mass is 19.1. The highest BCUT2D eigenvalue weighted by molar-refractivity contribution is 5.80. The van der Waals surface area contributed by atoms with Crippen molar-refractivity contribution in [3.8, 4) is 11.6 Å². The largest absolute Gasteiger partial charge is 0.437 e. The van der Waals surface area contributed by atoms with Gasteiger partial charge in [-0.15, -0.1) is 0 Å². The van der Waals surface area contributed by atoms with Crippen molar-refractivity contribution in [3.63, 3.8) is 0 Å². The highest BCUT2D eigenvalue weighted by Gasteiger charge is 2.35. The van der Waals surface area contributed by atoms with Crippen molar-refractivity contribution in [1.82, 2.24) is 25.7 Å². The number of likely N-dealkylation sites (tertiary alicyclic amines) is 1. The van der Waals surface area contributed by atoms with E-state index in [0.29, 0.717) is 24.7 Å². The number of piperidine rings is 1. The van der Waals surface area contributed by atoms with Crippen LogP contribution in [0.1, 0.15) is 31.4 Å². The Labute approximate surface area is 163 Å². The fourth-order valence-electron chi connectivity index (χ4n) is 3.82. The molecule has 7 nitrogen and oxygen atoms in total. The van der Waals surface area contributed by atoms with E-state index in [1.54, 1.807) is 18.3 Å². The Morgan fingerprint density at radius 1 is 1.36 bits per heavy atom. The van der Waals surface area contributed by atoms with E-state index in [2.05, 4.69) is 20.8 Å². The molecule has 2 aliphatic heterocycles. The molecule has 3 heterocycles. The second kappa shape index (κ2) is 8.20. The fourth-order valence-corrected chi connectivity index (χ4v) is 3.82. The molecule has 0 saturated carbocycles. The summed E-state index contributed by atoms with van der Waals surface area (Å²) in [4.78, 5) is 23.6. The lowest BCUT2D eigenvalue weighted by Crippen LogP contribution is -2.45. The minimum Gasteiger partial charge on any atom is -0.437 e. The molecule has 28 heavy (non-hydrogen) atoms. The van der Waals surface area contributed by atoms with Crippen LogP contribution < -0.4 is 15.6 Å². The lowest BCUT2D eigenvalue weighted by Gasteiger charge is -2.34. The van der Waals surface area contributed by atoms with Crippen LogP contribution >= 0.6 is 0 Å². The van der Waals surface area contributed by atoms with Crippen LogP contribution in [-0.2, 0) is 4.79 Å². The third kappa shape index (κ3) is 4.13. The predicted octanol–water partition coefficient (Wildman–Crippen LogP) is 2.23. The number of hydrazine groups is 1. The summed E-state index contributed by atoms with van der Waals surface area (Å²) in [6.45, 7) is 4.06. The molecule has 4 rings (SSSR count). The molecular formula is C20H24FN5O2. The summed E-state index contributed by atoms with van der Waals surface area (Å²) >= 11 is 0. The molecule has 2 N–H and O–H groups in total. The quantitative estimate of drug-likeness (QED) is 0.840. The zero-order valence-electron chi connectivity index (χ0n) is 15.8. The van der Waals surface area contributed by atoms with E-state index in [1.165, 1.54) is 18.3 Å². The summed E-state index contributed by atoms with van der Waals surface area (Å²) in [6.07, 6.45) is 5.10. The highest BCUT2D eigenvalue weighted by Crippen LogP contribution is 2.28. The molecule has 2 aromatic rings. The lowest BCUT2D eigenvalue weighted by molar-refractivity contribution is -0.136. The molecule has 1 aromatic carbocycles. The van der Waals surface area contributed by atoms with Crippen molar-refractivity contribution in [1.29, 1.82) is 0 Å². The second-order valence-corrected chi connectivity index (χ2v) is 7.39. The average molecular weight is 385 g/mol. The van der Waals surface area contributed by atoms with Crippen LogP contribution in [0.25, 0.3) is 0 Å². The molecule has 3 atom stereocenters. The van der Waals surface area contributed by atoms with Crippen LogP contribution in [0.3, 0.4) is 0 Å². The smallest absolute Gasteiger partial charge is 0.238 e. The first-order valence-electron chi connectivity index (χ1n) is 9.62. The number of carbonyl (C=O) groups is 1. The van der Waals surface area contributed by atoms with Crippen LogP contribution in [-0.4, -0.2) is 46.5 Å². The van der Waals surface area contributed by atoms with Crippen molar-refractivity contribution in [2.75, 3.05) is 19.6 Å². The van der Waals surface area contributed by atoms with Crippen molar-refractivity contribution in [2.45, 2.75) is 31.7 Å². The number of carbonyl (C=O) groups excluding carboxylic acids is 1. The van der Waals surface area contributed by atoms with Gasteiger partial charge in [-0.3, -0.25) is 20.6 Å². The Morgan fingerprint density at radius 3 is 3.04 bits per heavy atom. The molecule has 0 spiro atoms. The molecule has 0 radical (unpaired) electrons. The Hall–Kier alpha value is -2.58. The maximum atomic E-state index is 13.4. The zero-order chi connectivity index (χ0) is 19.5. The van der Waals surface area contributed by atoms with Crippen molar-refractivity contribution in [3.05, 3.63) is 48.2 Å². The molecule has 0 bridgehead atoms. The average Bonchev–Trinajstić information content (AvgIpc) is 3.14. The molecule has 8 heteroatoms. The number of nitrogens with one attached hydrogen (secondary N) is 2. The number of benzene rings is 1. The van der Waals surface area contributed by atoms with Crippen molar-refractivity contribution < 1.29 is 13.9 Å². The fraction of sp³-hybridized carbons (Fsp3) is 0.450. The van der Waals surface area contributed by atoms with Crippen LogP contribution in [0.15, 0.2) is 36.7 Å². The summed E-state index contributed by atoms with van der Waals surface area (Å²) in [6, 6.07) is 6.04. The van der Waals surface area contributed by atoms with Crippen LogP contribution in [0, 0.1) is 11.7 Å². The third-order valence-corrected chi connectivity index (χ3v) is 5.37. The van der Waals surface area contributed by atoms with Gasteiger partial charge in [0, 0.05) is 43.9 Å². The van der Waals surface area contributed by atoms with E-state index in [0.717, 1.165) is 25.1 Å². The van der Waals surface area contributed by atoms with Gasteiger partial charge < -0.3 is 9.64 Å². The van der Waals surface area contributed by atoms with Gasteiger partial charge in [0.05, 0.1) is 17.8 Å². The third-order valence-electron chi connectivity index (χ3n) is 5.37. The minimum atomic E-state index is -0.367. The first-order valence-corrected chi connectivity index (χ1v) is 9.62. The van der Waals surface area contributed by atoms with Gasteiger partial charge in [-0.25, -0.2) is 9.37 Å². The van der Waals surface area contributed by atoms with Gasteiger partial charge in [-0.1, -0.05) is 6.07 Å². The van der Waals surface area contributed by atoms with Gasteiger partial charge in [0.2, 0.25) is 11.8 Å². The number of halogens is 1. The molecule has 2 fully saturated rings. The topological polar surface area (TPSA) is 79.4 Å². The van der Waals surface area contributed by atoms with Gasteiger partial charge in [0.25, 0.3) is 0 Å².